The molecule has 0 heterocycles. The largest absolute Gasteiger partial charge is 0.493 e. The summed E-state index contributed by atoms with van der Waals surface area (Å²) in [6.45, 7) is -0.444. The number of benzene rings is 1. The number of methoxy groups -OCH3 is 1. The van der Waals surface area contributed by atoms with Crippen molar-refractivity contribution in [2.75, 3.05) is 20.4 Å². The van der Waals surface area contributed by atoms with E-state index in [4.69, 9.17) is 9.47 Å². The number of hydrogen-bond donors (Lipinski definition) is 0. The van der Waals surface area contributed by atoms with Gasteiger partial charge in [-0.05, 0) is 6.07 Å². The minimum absolute atomic E-state index is 0.0559. The van der Waals surface area contributed by atoms with Gasteiger partial charge in [-0.25, -0.2) is 4.39 Å². The number of hydrogen-bond acceptors (Lipinski definition) is 2. The highest BCUT2D eigenvalue weighted by molar-refractivity contribution is 9.08. The Hall–Kier alpha value is -0.770. The average Bonchev–Trinajstić information content (AvgIpc) is 2.25. The second-order valence-electron chi connectivity index (χ2n) is 2.62. The lowest BCUT2D eigenvalue weighted by Crippen LogP contribution is -2.02. The van der Waals surface area contributed by atoms with Crippen molar-refractivity contribution in [2.45, 2.75) is 5.33 Å². The lowest BCUT2D eigenvalue weighted by Gasteiger charge is -2.12. The Morgan fingerprint density at radius 2 is 2.21 bits per heavy atom. The van der Waals surface area contributed by atoms with Crippen LogP contribution >= 0.6 is 15.9 Å². The summed E-state index contributed by atoms with van der Waals surface area (Å²) in [6, 6.07) is 5.57. The van der Waals surface area contributed by atoms with Crippen molar-refractivity contribution in [2.24, 2.45) is 0 Å². The summed E-state index contributed by atoms with van der Waals surface area (Å²) in [6.07, 6.45) is 0. The van der Waals surface area contributed by atoms with Crippen molar-refractivity contribution in [3.05, 3.63) is 23.8 Å². The van der Waals surface area contributed by atoms with Crippen LogP contribution in [-0.4, -0.2) is 20.4 Å². The predicted octanol–water partition coefficient (Wildman–Crippen LogP) is 2.94. The quantitative estimate of drug-likeness (QED) is 0.760. The second-order valence-corrected chi connectivity index (χ2v) is 3.18. The topological polar surface area (TPSA) is 18.5 Å². The van der Waals surface area contributed by atoms with E-state index >= 15 is 0 Å². The van der Waals surface area contributed by atoms with Crippen LogP contribution in [0, 0.1) is 0 Å². The molecule has 0 unspecified atom stereocenters. The third-order valence-corrected chi connectivity index (χ3v) is 2.35. The van der Waals surface area contributed by atoms with E-state index < -0.39 is 6.67 Å². The van der Waals surface area contributed by atoms with Crippen LogP contribution in [-0.2, 0) is 5.33 Å². The molecule has 78 valence electrons. The molecule has 0 fully saturated rings. The van der Waals surface area contributed by atoms with E-state index in [0.717, 1.165) is 5.56 Å². The molecule has 0 amide bonds. The van der Waals surface area contributed by atoms with Crippen LogP contribution in [0.15, 0.2) is 18.2 Å². The van der Waals surface area contributed by atoms with E-state index in [2.05, 4.69) is 15.9 Å². The van der Waals surface area contributed by atoms with Crippen LogP contribution < -0.4 is 9.47 Å². The Labute approximate surface area is 91.2 Å². The summed E-state index contributed by atoms with van der Waals surface area (Å²) in [5.74, 6) is 1.25. The number of ether oxygens (including phenoxy) is 2. The van der Waals surface area contributed by atoms with Crippen molar-refractivity contribution in [1.29, 1.82) is 0 Å². The van der Waals surface area contributed by atoms with E-state index in [1.807, 2.05) is 12.1 Å². The standard InChI is InChI=1S/C10H12BrFO2/c1-13-9-4-2-3-8(7-11)10(9)14-6-5-12/h2-4H,5-7H2,1H3. The lowest BCUT2D eigenvalue weighted by atomic mass is 10.2. The molecular formula is C10H12BrFO2. The van der Waals surface area contributed by atoms with E-state index in [1.54, 1.807) is 13.2 Å². The van der Waals surface area contributed by atoms with Gasteiger partial charge in [0.25, 0.3) is 0 Å². The molecule has 0 aromatic heterocycles. The van der Waals surface area contributed by atoms with Gasteiger partial charge in [0.1, 0.15) is 13.3 Å². The minimum atomic E-state index is -0.500. The summed E-state index contributed by atoms with van der Waals surface area (Å²) < 4.78 is 22.4. The third kappa shape index (κ3) is 2.61. The highest BCUT2D eigenvalue weighted by Gasteiger charge is 2.08. The van der Waals surface area contributed by atoms with Crippen molar-refractivity contribution < 1.29 is 13.9 Å². The molecule has 2 nitrogen and oxygen atoms in total. The zero-order valence-corrected chi connectivity index (χ0v) is 9.51. The molecular weight excluding hydrogens is 251 g/mol. The molecule has 0 N–H and O–H groups in total. The van der Waals surface area contributed by atoms with Crippen LogP contribution in [0.25, 0.3) is 0 Å². The van der Waals surface area contributed by atoms with Crippen LogP contribution in [0.5, 0.6) is 11.5 Å². The van der Waals surface area contributed by atoms with Crippen molar-refractivity contribution >= 4 is 15.9 Å². The highest BCUT2D eigenvalue weighted by Crippen LogP contribution is 2.32. The molecule has 0 saturated heterocycles. The maximum absolute atomic E-state index is 12.0. The molecule has 1 aromatic carbocycles. The van der Waals surface area contributed by atoms with E-state index in [9.17, 15) is 4.39 Å². The maximum atomic E-state index is 12.0. The molecule has 0 bridgehead atoms. The summed E-state index contributed by atoms with van der Waals surface area (Å²) >= 11 is 3.33. The van der Waals surface area contributed by atoms with Gasteiger partial charge in [0, 0.05) is 10.9 Å². The Balaban J connectivity index is 2.93. The van der Waals surface area contributed by atoms with Gasteiger partial charge < -0.3 is 9.47 Å². The predicted molar refractivity (Wildman–Crippen MR) is 57.1 cm³/mol. The fourth-order valence-electron chi connectivity index (χ4n) is 1.13. The van der Waals surface area contributed by atoms with Gasteiger partial charge in [0.2, 0.25) is 0 Å². The smallest absolute Gasteiger partial charge is 0.165 e. The van der Waals surface area contributed by atoms with Gasteiger partial charge in [-0.3, -0.25) is 0 Å². The summed E-state index contributed by atoms with van der Waals surface area (Å²) in [7, 11) is 1.57. The Kier molecular flexibility index (Phi) is 4.73. The van der Waals surface area contributed by atoms with Crippen molar-refractivity contribution in [1.82, 2.24) is 0 Å². The molecule has 0 spiro atoms. The Morgan fingerprint density at radius 1 is 1.43 bits per heavy atom. The fourth-order valence-corrected chi connectivity index (χ4v) is 1.57. The fraction of sp³-hybridized carbons (Fsp3) is 0.400. The Morgan fingerprint density at radius 3 is 2.79 bits per heavy atom. The molecule has 0 aliphatic heterocycles. The number of alkyl halides is 2. The number of para-hydroxylation sites is 1. The summed E-state index contributed by atoms with van der Waals surface area (Å²) in [4.78, 5) is 0. The maximum Gasteiger partial charge on any atom is 0.165 e. The van der Waals surface area contributed by atoms with E-state index in [-0.39, 0.29) is 6.61 Å². The molecule has 0 radical (unpaired) electrons. The molecule has 0 atom stereocenters. The van der Waals surface area contributed by atoms with Gasteiger partial charge in [-0.1, -0.05) is 28.1 Å². The first-order chi connectivity index (χ1) is 6.83. The molecule has 0 saturated carbocycles. The van der Waals surface area contributed by atoms with Gasteiger partial charge >= 0.3 is 0 Å². The van der Waals surface area contributed by atoms with Crippen LogP contribution in [0.2, 0.25) is 0 Å². The second kappa shape index (κ2) is 5.86. The van der Waals surface area contributed by atoms with Crippen molar-refractivity contribution in [3.63, 3.8) is 0 Å². The molecule has 1 rings (SSSR count). The first kappa shape index (κ1) is 11.3. The first-order valence-corrected chi connectivity index (χ1v) is 5.36. The van der Waals surface area contributed by atoms with E-state index in [0.29, 0.717) is 16.8 Å². The zero-order valence-electron chi connectivity index (χ0n) is 7.93. The third-order valence-electron chi connectivity index (χ3n) is 1.75. The van der Waals surface area contributed by atoms with Gasteiger partial charge in [0.05, 0.1) is 7.11 Å². The van der Waals surface area contributed by atoms with Crippen LogP contribution in [0.3, 0.4) is 0 Å². The number of rotatable bonds is 5. The van der Waals surface area contributed by atoms with Crippen molar-refractivity contribution in [3.8, 4) is 11.5 Å². The minimum Gasteiger partial charge on any atom is -0.493 e. The van der Waals surface area contributed by atoms with Gasteiger partial charge in [-0.15, -0.1) is 0 Å². The van der Waals surface area contributed by atoms with Gasteiger partial charge in [-0.2, -0.15) is 0 Å². The van der Waals surface area contributed by atoms with Gasteiger partial charge in [0.15, 0.2) is 11.5 Å². The summed E-state index contributed by atoms with van der Waals surface area (Å²) in [5, 5.41) is 0.659. The molecule has 14 heavy (non-hydrogen) atoms. The Bertz CT molecular complexity index is 269. The average molecular weight is 263 g/mol. The molecule has 4 heteroatoms. The van der Waals surface area contributed by atoms with Crippen LogP contribution in [0.1, 0.15) is 5.56 Å². The molecule has 0 aliphatic carbocycles. The zero-order chi connectivity index (χ0) is 10.4. The van der Waals surface area contributed by atoms with E-state index in [1.165, 1.54) is 0 Å². The molecule has 1 aromatic rings. The summed E-state index contributed by atoms with van der Waals surface area (Å²) in [5.41, 5.74) is 0.956. The highest BCUT2D eigenvalue weighted by atomic mass is 79.9. The number of halogens is 2. The van der Waals surface area contributed by atoms with Crippen LogP contribution in [0.4, 0.5) is 4.39 Å². The SMILES string of the molecule is COc1cccc(CBr)c1OCCF. The monoisotopic (exact) mass is 262 g/mol. The molecule has 0 aliphatic rings. The normalized spacial score (nSPS) is 9.93. The first-order valence-electron chi connectivity index (χ1n) is 4.24. The lowest BCUT2D eigenvalue weighted by molar-refractivity contribution is 0.258.